The molecule has 19 heavy (non-hydrogen) atoms. The van der Waals surface area contributed by atoms with E-state index in [4.69, 9.17) is 9.47 Å². The number of pyridine rings is 1. The van der Waals surface area contributed by atoms with Gasteiger partial charge in [-0.3, -0.25) is 5.32 Å². The molecule has 6 nitrogen and oxygen atoms in total. The summed E-state index contributed by atoms with van der Waals surface area (Å²) in [7, 11) is 1.59. The predicted octanol–water partition coefficient (Wildman–Crippen LogP) is 2.69. The fourth-order valence-electron chi connectivity index (χ4n) is 1.60. The second kappa shape index (κ2) is 4.79. The van der Waals surface area contributed by atoms with Gasteiger partial charge in [-0.1, -0.05) is 0 Å². The van der Waals surface area contributed by atoms with E-state index in [-0.39, 0.29) is 0 Å². The van der Waals surface area contributed by atoms with Gasteiger partial charge in [0.1, 0.15) is 11.4 Å². The monoisotopic (exact) mass is 263 g/mol. The lowest BCUT2D eigenvalue weighted by atomic mass is 10.2. The van der Waals surface area contributed by atoms with E-state index in [1.54, 1.807) is 36.2 Å². The van der Waals surface area contributed by atoms with Crippen molar-refractivity contribution >= 4 is 17.3 Å². The maximum atomic E-state index is 11.7. The number of nitrogens with one attached hydrogen (secondary N) is 1. The zero-order valence-corrected chi connectivity index (χ0v) is 11.4. The van der Waals surface area contributed by atoms with Crippen LogP contribution in [0.4, 0.5) is 10.5 Å². The molecule has 0 aliphatic rings. The molecule has 0 bridgehead atoms. The van der Waals surface area contributed by atoms with Crippen molar-refractivity contribution in [1.82, 2.24) is 9.61 Å². The Balaban J connectivity index is 2.23. The van der Waals surface area contributed by atoms with Crippen LogP contribution in [0.1, 0.15) is 20.8 Å². The molecule has 0 atom stereocenters. The van der Waals surface area contributed by atoms with E-state index in [9.17, 15) is 4.79 Å². The quantitative estimate of drug-likeness (QED) is 0.904. The molecule has 2 heterocycles. The van der Waals surface area contributed by atoms with Gasteiger partial charge in [-0.2, -0.15) is 5.10 Å². The SMILES string of the molecule is COc1ccn2ncc(NC(=O)OC(C)(C)C)c2c1. The second-order valence-corrected chi connectivity index (χ2v) is 5.08. The van der Waals surface area contributed by atoms with E-state index in [1.807, 2.05) is 20.8 Å². The van der Waals surface area contributed by atoms with Crippen LogP contribution in [0.3, 0.4) is 0 Å². The Morgan fingerprint density at radius 3 is 2.79 bits per heavy atom. The molecule has 1 N–H and O–H groups in total. The van der Waals surface area contributed by atoms with Gasteiger partial charge >= 0.3 is 6.09 Å². The van der Waals surface area contributed by atoms with Crippen molar-refractivity contribution in [2.24, 2.45) is 0 Å². The van der Waals surface area contributed by atoms with E-state index in [0.717, 1.165) is 5.52 Å². The Morgan fingerprint density at radius 2 is 2.16 bits per heavy atom. The minimum absolute atomic E-state index is 0.509. The van der Waals surface area contributed by atoms with Gasteiger partial charge in [-0.25, -0.2) is 9.31 Å². The third-order valence-corrected chi connectivity index (χ3v) is 2.36. The lowest BCUT2D eigenvalue weighted by Gasteiger charge is -2.19. The van der Waals surface area contributed by atoms with Crippen molar-refractivity contribution in [1.29, 1.82) is 0 Å². The van der Waals surface area contributed by atoms with E-state index in [0.29, 0.717) is 11.4 Å². The van der Waals surface area contributed by atoms with Gasteiger partial charge in [0.15, 0.2) is 0 Å². The zero-order valence-electron chi connectivity index (χ0n) is 11.4. The average Bonchev–Trinajstić information content (AvgIpc) is 2.69. The molecule has 1 amide bonds. The van der Waals surface area contributed by atoms with Gasteiger partial charge in [0.05, 0.1) is 24.5 Å². The standard InChI is InChI=1S/C13H17N3O3/c1-13(2,3)19-12(17)15-10-8-14-16-6-5-9(18-4)7-11(10)16/h5-8H,1-4H3,(H,15,17). The molecule has 0 spiro atoms. The first-order valence-electron chi connectivity index (χ1n) is 5.90. The summed E-state index contributed by atoms with van der Waals surface area (Å²) in [5, 5.41) is 6.81. The number of nitrogens with zero attached hydrogens (tertiary/aromatic N) is 2. The summed E-state index contributed by atoms with van der Waals surface area (Å²) < 4.78 is 12.0. The molecule has 0 unspecified atom stereocenters. The highest BCUT2D eigenvalue weighted by Crippen LogP contribution is 2.22. The summed E-state index contributed by atoms with van der Waals surface area (Å²) in [6, 6.07) is 3.58. The number of aromatic nitrogens is 2. The lowest BCUT2D eigenvalue weighted by molar-refractivity contribution is 0.0636. The molecular formula is C13H17N3O3. The smallest absolute Gasteiger partial charge is 0.412 e. The number of hydrogen-bond donors (Lipinski definition) is 1. The molecular weight excluding hydrogens is 246 g/mol. The van der Waals surface area contributed by atoms with Crippen molar-refractivity contribution in [3.8, 4) is 5.75 Å². The minimum Gasteiger partial charge on any atom is -0.497 e. The molecule has 102 valence electrons. The topological polar surface area (TPSA) is 64.9 Å². The van der Waals surface area contributed by atoms with Crippen molar-refractivity contribution in [2.75, 3.05) is 12.4 Å². The number of carbonyl (C=O) groups is 1. The van der Waals surface area contributed by atoms with Crippen LogP contribution in [-0.2, 0) is 4.74 Å². The van der Waals surface area contributed by atoms with E-state index < -0.39 is 11.7 Å². The first kappa shape index (κ1) is 13.2. The Hall–Kier alpha value is -2.24. The Labute approximate surface area is 111 Å². The first-order chi connectivity index (χ1) is 8.89. The van der Waals surface area contributed by atoms with Crippen molar-refractivity contribution in [3.63, 3.8) is 0 Å². The van der Waals surface area contributed by atoms with Crippen LogP contribution >= 0.6 is 0 Å². The highest BCUT2D eigenvalue weighted by atomic mass is 16.6. The van der Waals surface area contributed by atoms with Crippen LogP contribution in [0, 0.1) is 0 Å². The van der Waals surface area contributed by atoms with Crippen molar-refractivity contribution in [2.45, 2.75) is 26.4 Å². The molecule has 2 aromatic rings. The summed E-state index contributed by atoms with van der Waals surface area (Å²) in [5.41, 5.74) is 0.781. The van der Waals surface area contributed by atoms with Crippen LogP contribution in [0.15, 0.2) is 24.5 Å². The highest BCUT2D eigenvalue weighted by molar-refractivity contribution is 5.90. The predicted molar refractivity (Wildman–Crippen MR) is 71.6 cm³/mol. The van der Waals surface area contributed by atoms with Gasteiger partial charge in [0.25, 0.3) is 0 Å². The van der Waals surface area contributed by atoms with Crippen LogP contribution in [0.5, 0.6) is 5.75 Å². The Morgan fingerprint density at radius 1 is 1.42 bits per heavy atom. The van der Waals surface area contributed by atoms with E-state index in [1.165, 1.54) is 0 Å². The molecule has 0 saturated heterocycles. The molecule has 0 saturated carbocycles. The van der Waals surface area contributed by atoms with Gasteiger partial charge < -0.3 is 9.47 Å². The molecule has 6 heteroatoms. The molecule has 0 aliphatic heterocycles. The van der Waals surface area contributed by atoms with E-state index in [2.05, 4.69) is 10.4 Å². The number of hydrogen-bond acceptors (Lipinski definition) is 4. The lowest BCUT2D eigenvalue weighted by Crippen LogP contribution is -2.27. The number of anilines is 1. The van der Waals surface area contributed by atoms with Crippen LogP contribution < -0.4 is 10.1 Å². The number of methoxy groups -OCH3 is 1. The molecule has 2 rings (SSSR count). The van der Waals surface area contributed by atoms with Crippen LogP contribution in [-0.4, -0.2) is 28.4 Å². The normalized spacial score (nSPS) is 11.4. The number of fused-ring (bicyclic) bond motifs is 1. The summed E-state index contributed by atoms with van der Waals surface area (Å²) in [5.74, 6) is 0.695. The minimum atomic E-state index is -0.537. The number of carbonyl (C=O) groups excluding carboxylic acids is 1. The van der Waals surface area contributed by atoms with Gasteiger partial charge in [-0.15, -0.1) is 0 Å². The van der Waals surface area contributed by atoms with Crippen LogP contribution in [0.25, 0.3) is 5.52 Å². The molecule has 0 aromatic carbocycles. The summed E-state index contributed by atoms with van der Waals surface area (Å²) in [6.07, 6.45) is 2.82. The number of rotatable bonds is 2. The Kier molecular flexibility index (Phi) is 3.33. The third-order valence-electron chi connectivity index (χ3n) is 2.36. The maximum absolute atomic E-state index is 11.7. The summed E-state index contributed by atoms with van der Waals surface area (Å²) in [4.78, 5) is 11.7. The van der Waals surface area contributed by atoms with Gasteiger partial charge in [-0.05, 0) is 26.8 Å². The Bertz CT molecular complexity index is 599. The largest absolute Gasteiger partial charge is 0.497 e. The maximum Gasteiger partial charge on any atom is 0.412 e. The van der Waals surface area contributed by atoms with Gasteiger partial charge in [0, 0.05) is 12.3 Å². The molecule has 0 aliphatic carbocycles. The fraction of sp³-hybridized carbons (Fsp3) is 0.385. The molecule has 0 fully saturated rings. The third kappa shape index (κ3) is 3.15. The molecule has 0 radical (unpaired) electrons. The first-order valence-corrected chi connectivity index (χ1v) is 5.90. The molecule has 2 aromatic heterocycles. The second-order valence-electron chi connectivity index (χ2n) is 5.08. The fourth-order valence-corrected chi connectivity index (χ4v) is 1.60. The van der Waals surface area contributed by atoms with Crippen LogP contribution in [0.2, 0.25) is 0 Å². The number of amides is 1. The van der Waals surface area contributed by atoms with Gasteiger partial charge in [0.2, 0.25) is 0 Å². The average molecular weight is 263 g/mol. The van der Waals surface area contributed by atoms with E-state index >= 15 is 0 Å². The highest BCUT2D eigenvalue weighted by Gasteiger charge is 2.17. The zero-order chi connectivity index (χ0) is 14.0. The number of ether oxygens (including phenoxy) is 2. The summed E-state index contributed by atoms with van der Waals surface area (Å²) in [6.45, 7) is 5.43. The van der Waals surface area contributed by atoms with Crippen molar-refractivity contribution in [3.05, 3.63) is 24.5 Å². The van der Waals surface area contributed by atoms with Crippen molar-refractivity contribution < 1.29 is 14.3 Å². The summed E-state index contributed by atoms with van der Waals surface area (Å²) >= 11 is 0.